The lowest BCUT2D eigenvalue weighted by molar-refractivity contribution is -0.137. The Balaban J connectivity index is 2.82. The standard InChI is InChI=1S/C8H13N3O2/c1-5-10-4-7(11(5)2)6(9)3-8(12)13/h4,6H,3,9H2,1-2H3,(H,12,13)/t6-/m0/s1. The largest absolute Gasteiger partial charge is 0.481 e. The highest BCUT2D eigenvalue weighted by Crippen LogP contribution is 2.13. The first-order valence-electron chi connectivity index (χ1n) is 3.98. The summed E-state index contributed by atoms with van der Waals surface area (Å²) in [7, 11) is 1.82. The lowest BCUT2D eigenvalue weighted by Gasteiger charge is -2.09. The highest BCUT2D eigenvalue weighted by molar-refractivity contribution is 5.67. The van der Waals surface area contributed by atoms with Crippen molar-refractivity contribution in [1.29, 1.82) is 0 Å². The van der Waals surface area contributed by atoms with Gasteiger partial charge in [-0.3, -0.25) is 4.79 Å². The molecule has 0 amide bonds. The zero-order chi connectivity index (χ0) is 10.0. The smallest absolute Gasteiger partial charge is 0.305 e. The summed E-state index contributed by atoms with van der Waals surface area (Å²) in [6.07, 6.45) is 1.54. The Morgan fingerprint density at radius 1 is 1.85 bits per heavy atom. The number of aromatic nitrogens is 2. The molecule has 0 aromatic carbocycles. The number of carbonyl (C=O) groups is 1. The van der Waals surface area contributed by atoms with E-state index in [9.17, 15) is 4.79 Å². The maximum absolute atomic E-state index is 10.4. The van der Waals surface area contributed by atoms with Crippen molar-refractivity contribution in [2.24, 2.45) is 12.8 Å². The van der Waals surface area contributed by atoms with Crippen LogP contribution in [0.5, 0.6) is 0 Å². The molecule has 13 heavy (non-hydrogen) atoms. The van der Waals surface area contributed by atoms with E-state index in [-0.39, 0.29) is 6.42 Å². The summed E-state index contributed by atoms with van der Waals surface area (Å²) in [5.74, 6) is -0.0674. The molecule has 0 radical (unpaired) electrons. The first-order valence-corrected chi connectivity index (χ1v) is 3.98. The van der Waals surface area contributed by atoms with Crippen LogP contribution in [-0.2, 0) is 11.8 Å². The van der Waals surface area contributed by atoms with E-state index in [1.807, 2.05) is 14.0 Å². The molecule has 5 heteroatoms. The van der Waals surface area contributed by atoms with Gasteiger partial charge in [0, 0.05) is 7.05 Å². The summed E-state index contributed by atoms with van der Waals surface area (Å²) in [5.41, 5.74) is 6.42. The van der Waals surface area contributed by atoms with Crippen LogP contribution in [0, 0.1) is 6.92 Å². The van der Waals surface area contributed by atoms with Gasteiger partial charge in [0.1, 0.15) is 5.82 Å². The molecule has 0 bridgehead atoms. The molecule has 5 nitrogen and oxygen atoms in total. The minimum absolute atomic E-state index is 0.0705. The molecule has 72 valence electrons. The fourth-order valence-corrected chi connectivity index (χ4v) is 1.16. The number of carboxylic acid groups (broad SMARTS) is 1. The van der Waals surface area contributed by atoms with Gasteiger partial charge in [-0.25, -0.2) is 4.98 Å². The lowest BCUT2D eigenvalue weighted by atomic mass is 10.1. The van der Waals surface area contributed by atoms with Crippen molar-refractivity contribution in [3.63, 3.8) is 0 Å². The van der Waals surface area contributed by atoms with Crippen LogP contribution in [0.25, 0.3) is 0 Å². The monoisotopic (exact) mass is 183 g/mol. The van der Waals surface area contributed by atoms with Crippen LogP contribution < -0.4 is 5.73 Å². The third-order valence-corrected chi connectivity index (χ3v) is 2.03. The van der Waals surface area contributed by atoms with Crippen LogP contribution in [0.15, 0.2) is 6.20 Å². The quantitative estimate of drug-likeness (QED) is 0.701. The average molecular weight is 183 g/mol. The van der Waals surface area contributed by atoms with Crippen molar-refractivity contribution in [2.45, 2.75) is 19.4 Å². The second kappa shape index (κ2) is 3.57. The molecule has 0 fully saturated rings. The van der Waals surface area contributed by atoms with Crippen molar-refractivity contribution in [3.05, 3.63) is 17.7 Å². The Morgan fingerprint density at radius 2 is 2.46 bits per heavy atom. The zero-order valence-corrected chi connectivity index (χ0v) is 7.69. The Morgan fingerprint density at radius 3 is 2.85 bits per heavy atom. The number of hydrogen-bond donors (Lipinski definition) is 2. The van der Waals surface area contributed by atoms with Crippen molar-refractivity contribution >= 4 is 5.97 Å². The maximum Gasteiger partial charge on any atom is 0.305 e. The van der Waals surface area contributed by atoms with E-state index in [2.05, 4.69) is 4.98 Å². The molecule has 1 atom stereocenters. The molecule has 1 aromatic heterocycles. The van der Waals surface area contributed by atoms with Gasteiger partial charge in [-0.05, 0) is 6.92 Å². The summed E-state index contributed by atoms with van der Waals surface area (Å²) in [6, 6.07) is -0.483. The number of nitrogens with zero attached hydrogens (tertiary/aromatic N) is 2. The summed E-state index contributed by atoms with van der Waals surface area (Å²) in [5, 5.41) is 8.53. The fraction of sp³-hybridized carbons (Fsp3) is 0.500. The van der Waals surface area contributed by atoms with Gasteiger partial charge in [-0.1, -0.05) is 0 Å². The van der Waals surface area contributed by atoms with Crippen molar-refractivity contribution in [2.75, 3.05) is 0 Å². The van der Waals surface area contributed by atoms with E-state index in [4.69, 9.17) is 10.8 Å². The number of rotatable bonds is 3. The van der Waals surface area contributed by atoms with Crippen molar-refractivity contribution in [3.8, 4) is 0 Å². The molecule has 0 spiro atoms. The van der Waals surface area contributed by atoms with E-state index in [1.54, 1.807) is 10.8 Å². The van der Waals surface area contributed by atoms with E-state index < -0.39 is 12.0 Å². The number of imidazole rings is 1. The van der Waals surface area contributed by atoms with E-state index in [0.29, 0.717) is 0 Å². The molecular weight excluding hydrogens is 170 g/mol. The van der Waals surface area contributed by atoms with Crippen molar-refractivity contribution < 1.29 is 9.90 Å². The van der Waals surface area contributed by atoms with Gasteiger partial charge in [0.25, 0.3) is 0 Å². The van der Waals surface area contributed by atoms with E-state index in [1.165, 1.54) is 0 Å². The van der Waals surface area contributed by atoms with Gasteiger partial charge < -0.3 is 15.4 Å². The molecule has 0 saturated carbocycles. The predicted octanol–water partition coefficient (Wildman–Crippen LogP) is 0.203. The fourth-order valence-electron chi connectivity index (χ4n) is 1.16. The Bertz CT molecular complexity index is 319. The molecule has 1 aromatic rings. The minimum atomic E-state index is -0.897. The summed E-state index contributed by atoms with van der Waals surface area (Å²) >= 11 is 0. The second-order valence-electron chi connectivity index (χ2n) is 2.99. The number of nitrogens with two attached hydrogens (primary N) is 1. The van der Waals surface area contributed by atoms with Gasteiger partial charge in [0.15, 0.2) is 0 Å². The molecule has 0 aliphatic carbocycles. The molecule has 1 heterocycles. The number of carboxylic acids is 1. The van der Waals surface area contributed by atoms with Crippen LogP contribution in [0.3, 0.4) is 0 Å². The first kappa shape index (κ1) is 9.73. The van der Waals surface area contributed by atoms with Gasteiger partial charge in [0.05, 0.1) is 24.4 Å². The molecule has 1 rings (SSSR count). The van der Waals surface area contributed by atoms with E-state index in [0.717, 1.165) is 11.5 Å². The minimum Gasteiger partial charge on any atom is -0.481 e. The van der Waals surface area contributed by atoms with Crippen molar-refractivity contribution in [1.82, 2.24) is 9.55 Å². The summed E-state index contributed by atoms with van der Waals surface area (Å²) < 4.78 is 1.80. The maximum atomic E-state index is 10.4. The lowest BCUT2D eigenvalue weighted by Crippen LogP contribution is -2.18. The topological polar surface area (TPSA) is 81.1 Å². The number of aryl methyl sites for hydroxylation is 1. The summed E-state index contributed by atoms with van der Waals surface area (Å²) in [6.45, 7) is 1.84. The number of aliphatic carboxylic acids is 1. The predicted molar refractivity (Wildman–Crippen MR) is 47.1 cm³/mol. The highest BCUT2D eigenvalue weighted by atomic mass is 16.4. The second-order valence-corrected chi connectivity index (χ2v) is 2.99. The van der Waals surface area contributed by atoms with Crippen LogP contribution >= 0.6 is 0 Å². The molecule has 0 unspecified atom stereocenters. The molecule has 3 N–H and O–H groups in total. The highest BCUT2D eigenvalue weighted by Gasteiger charge is 2.14. The van der Waals surface area contributed by atoms with Crippen LogP contribution in [0.2, 0.25) is 0 Å². The Hall–Kier alpha value is -1.36. The third-order valence-electron chi connectivity index (χ3n) is 2.03. The Labute approximate surface area is 76.2 Å². The molecule has 0 aliphatic rings. The molecule has 0 saturated heterocycles. The van der Waals surface area contributed by atoms with Gasteiger partial charge in [0.2, 0.25) is 0 Å². The van der Waals surface area contributed by atoms with Crippen LogP contribution in [0.1, 0.15) is 24.0 Å². The summed E-state index contributed by atoms with van der Waals surface area (Å²) in [4.78, 5) is 14.4. The number of hydrogen-bond acceptors (Lipinski definition) is 3. The SMILES string of the molecule is Cc1ncc([C@@H](N)CC(=O)O)n1C. The van der Waals surface area contributed by atoms with E-state index >= 15 is 0 Å². The average Bonchev–Trinajstić information content (AvgIpc) is 2.31. The van der Waals surface area contributed by atoms with Crippen LogP contribution in [0.4, 0.5) is 0 Å². The Kier molecular flexibility index (Phi) is 2.67. The molecular formula is C8H13N3O2. The van der Waals surface area contributed by atoms with Gasteiger partial charge in [-0.15, -0.1) is 0 Å². The van der Waals surface area contributed by atoms with Gasteiger partial charge in [-0.2, -0.15) is 0 Å². The van der Waals surface area contributed by atoms with Gasteiger partial charge >= 0.3 is 5.97 Å². The first-order chi connectivity index (χ1) is 6.02. The normalized spacial score (nSPS) is 12.8. The van der Waals surface area contributed by atoms with Crippen LogP contribution in [-0.4, -0.2) is 20.6 Å². The zero-order valence-electron chi connectivity index (χ0n) is 7.69. The third kappa shape index (κ3) is 2.06. The molecule has 0 aliphatic heterocycles.